The predicted molar refractivity (Wildman–Crippen MR) is 70.1 cm³/mol. The molecule has 0 bridgehead atoms. The highest BCUT2D eigenvalue weighted by molar-refractivity contribution is 9.10. The summed E-state index contributed by atoms with van der Waals surface area (Å²) in [5.41, 5.74) is -0.0478. The van der Waals surface area contributed by atoms with E-state index in [1.165, 1.54) is 24.4 Å². The van der Waals surface area contributed by atoms with Crippen LogP contribution in [0, 0.1) is 10.1 Å². The smallest absolute Gasteiger partial charge is 0.273 e. The van der Waals surface area contributed by atoms with Crippen molar-refractivity contribution in [3.8, 4) is 11.5 Å². The molecule has 0 aliphatic rings. The molecule has 0 unspecified atom stereocenters. The highest BCUT2D eigenvalue weighted by atomic mass is 79.9. The van der Waals surface area contributed by atoms with E-state index in [2.05, 4.69) is 20.9 Å². The maximum Gasteiger partial charge on any atom is 0.273 e. The van der Waals surface area contributed by atoms with Crippen molar-refractivity contribution in [2.45, 2.75) is 0 Å². The molecule has 18 heavy (non-hydrogen) atoms. The van der Waals surface area contributed by atoms with Gasteiger partial charge in [0.2, 0.25) is 0 Å². The molecule has 7 heteroatoms. The van der Waals surface area contributed by atoms with Crippen LogP contribution in [0.5, 0.6) is 11.5 Å². The average molecular weight is 330 g/mol. The molecule has 1 aromatic heterocycles. The van der Waals surface area contributed by atoms with E-state index >= 15 is 0 Å². The number of nitrogens with zero attached hydrogens (tertiary/aromatic N) is 2. The first-order valence-electron chi connectivity index (χ1n) is 4.79. The minimum Gasteiger partial charge on any atom is -0.456 e. The summed E-state index contributed by atoms with van der Waals surface area (Å²) >= 11 is 8.98. The number of rotatable bonds is 3. The molecular weight excluding hydrogens is 323 g/mol. The third-order valence-corrected chi connectivity index (χ3v) is 2.91. The van der Waals surface area contributed by atoms with Crippen LogP contribution in [0.4, 0.5) is 5.69 Å². The second kappa shape index (κ2) is 5.32. The fourth-order valence-electron chi connectivity index (χ4n) is 1.26. The topological polar surface area (TPSA) is 65.3 Å². The highest BCUT2D eigenvalue weighted by Gasteiger charge is 2.11. The molecular formula is C11H6BrClN2O3. The van der Waals surface area contributed by atoms with Gasteiger partial charge in [-0.25, -0.2) is 4.98 Å². The lowest BCUT2D eigenvalue weighted by Gasteiger charge is -2.07. The minimum absolute atomic E-state index is 0.0478. The summed E-state index contributed by atoms with van der Waals surface area (Å²) < 4.78 is 6.12. The Hall–Kier alpha value is -1.66. The molecule has 1 heterocycles. The van der Waals surface area contributed by atoms with Gasteiger partial charge in [-0.05, 0) is 28.1 Å². The van der Waals surface area contributed by atoms with Gasteiger partial charge in [0.15, 0.2) is 0 Å². The van der Waals surface area contributed by atoms with Gasteiger partial charge in [-0.1, -0.05) is 11.6 Å². The Morgan fingerprint density at radius 3 is 2.78 bits per heavy atom. The Kier molecular flexibility index (Phi) is 3.78. The van der Waals surface area contributed by atoms with Crippen molar-refractivity contribution in [2.24, 2.45) is 0 Å². The first-order chi connectivity index (χ1) is 8.56. The van der Waals surface area contributed by atoms with Crippen molar-refractivity contribution >= 4 is 33.2 Å². The summed E-state index contributed by atoms with van der Waals surface area (Å²) in [6.07, 6.45) is 1.49. The van der Waals surface area contributed by atoms with E-state index in [1.54, 1.807) is 12.1 Å². The van der Waals surface area contributed by atoms with Gasteiger partial charge in [-0.15, -0.1) is 0 Å². The number of hydrogen-bond donors (Lipinski definition) is 0. The standard InChI is InChI=1S/C11H6BrClN2O3/c12-9-2-1-7(15(16)17)5-10(9)18-8-3-4-14-11(13)6-8/h1-6H. The molecule has 0 aliphatic heterocycles. The zero-order chi connectivity index (χ0) is 13.1. The van der Waals surface area contributed by atoms with Crippen LogP contribution in [0.15, 0.2) is 41.0 Å². The molecule has 2 aromatic rings. The molecule has 0 atom stereocenters. The van der Waals surface area contributed by atoms with Crippen LogP contribution >= 0.6 is 27.5 Å². The molecule has 1 aromatic carbocycles. The molecule has 0 amide bonds. The van der Waals surface area contributed by atoms with E-state index < -0.39 is 4.92 Å². The fourth-order valence-corrected chi connectivity index (χ4v) is 1.75. The number of aromatic nitrogens is 1. The number of nitro benzene ring substituents is 1. The molecule has 0 fully saturated rings. The summed E-state index contributed by atoms with van der Waals surface area (Å²) in [7, 11) is 0. The third kappa shape index (κ3) is 2.96. The SMILES string of the molecule is O=[N+]([O-])c1ccc(Br)c(Oc2ccnc(Cl)c2)c1. The second-order valence-corrected chi connectivity index (χ2v) is 4.53. The molecule has 92 valence electrons. The number of ether oxygens (including phenoxy) is 1. The van der Waals surface area contributed by atoms with Crippen LogP contribution in [-0.4, -0.2) is 9.91 Å². The van der Waals surface area contributed by atoms with E-state index in [1.807, 2.05) is 0 Å². The predicted octanol–water partition coefficient (Wildman–Crippen LogP) is 4.20. The van der Waals surface area contributed by atoms with Crippen LogP contribution < -0.4 is 4.74 Å². The Balaban J connectivity index is 2.33. The van der Waals surface area contributed by atoms with Gasteiger partial charge in [0.1, 0.15) is 16.7 Å². The third-order valence-electron chi connectivity index (χ3n) is 2.05. The number of benzene rings is 1. The molecule has 2 rings (SSSR count). The van der Waals surface area contributed by atoms with Gasteiger partial charge >= 0.3 is 0 Å². The maximum absolute atomic E-state index is 10.7. The van der Waals surface area contributed by atoms with Crippen LogP contribution in [-0.2, 0) is 0 Å². The first kappa shape index (κ1) is 12.8. The van der Waals surface area contributed by atoms with Crippen molar-refractivity contribution in [2.75, 3.05) is 0 Å². The quantitative estimate of drug-likeness (QED) is 0.481. The number of hydrogen-bond acceptors (Lipinski definition) is 4. The first-order valence-corrected chi connectivity index (χ1v) is 5.97. The van der Waals surface area contributed by atoms with Crippen LogP contribution in [0.1, 0.15) is 0 Å². The second-order valence-electron chi connectivity index (χ2n) is 3.29. The van der Waals surface area contributed by atoms with Gasteiger partial charge < -0.3 is 4.74 Å². The Labute approximate surface area is 116 Å². The molecule has 0 radical (unpaired) electrons. The lowest BCUT2D eigenvalue weighted by Crippen LogP contribution is -1.91. The maximum atomic E-state index is 10.7. The van der Waals surface area contributed by atoms with Crippen LogP contribution in [0.25, 0.3) is 0 Å². The van der Waals surface area contributed by atoms with E-state index in [0.717, 1.165) is 0 Å². The molecule has 5 nitrogen and oxygen atoms in total. The molecule has 0 aliphatic carbocycles. The molecule has 0 N–H and O–H groups in total. The summed E-state index contributed by atoms with van der Waals surface area (Å²) in [6, 6.07) is 7.40. The average Bonchev–Trinajstić information content (AvgIpc) is 2.31. The summed E-state index contributed by atoms with van der Waals surface area (Å²) in [4.78, 5) is 14.0. The monoisotopic (exact) mass is 328 g/mol. The van der Waals surface area contributed by atoms with E-state index in [4.69, 9.17) is 16.3 Å². The Bertz CT molecular complexity index is 607. The Morgan fingerprint density at radius 1 is 1.33 bits per heavy atom. The summed E-state index contributed by atoms with van der Waals surface area (Å²) in [6.45, 7) is 0. The molecule has 0 saturated carbocycles. The zero-order valence-electron chi connectivity index (χ0n) is 8.84. The summed E-state index contributed by atoms with van der Waals surface area (Å²) in [5.74, 6) is 0.794. The van der Waals surface area contributed by atoms with Gasteiger partial charge in [0, 0.05) is 18.3 Å². The van der Waals surface area contributed by atoms with Crippen molar-refractivity contribution in [3.05, 3.63) is 56.3 Å². The lowest BCUT2D eigenvalue weighted by atomic mass is 10.3. The number of pyridine rings is 1. The molecule has 0 spiro atoms. The van der Waals surface area contributed by atoms with E-state index in [-0.39, 0.29) is 10.8 Å². The van der Waals surface area contributed by atoms with Crippen molar-refractivity contribution in [1.29, 1.82) is 0 Å². The Morgan fingerprint density at radius 2 is 2.11 bits per heavy atom. The van der Waals surface area contributed by atoms with Crippen molar-refractivity contribution in [3.63, 3.8) is 0 Å². The van der Waals surface area contributed by atoms with Gasteiger partial charge in [0.05, 0.1) is 15.5 Å². The highest BCUT2D eigenvalue weighted by Crippen LogP contribution is 2.33. The summed E-state index contributed by atoms with van der Waals surface area (Å²) in [5, 5.41) is 11.0. The van der Waals surface area contributed by atoms with Gasteiger partial charge in [-0.2, -0.15) is 0 Å². The van der Waals surface area contributed by atoms with Gasteiger partial charge in [-0.3, -0.25) is 10.1 Å². The molecule has 0 saturated heterocycles. The van der Waals surface area contributed by atoms with Crippen molar-refractivity contribution < 1.29 is 9.66 Å². The van der Waals surface area contributed by atoms with Crippen molar-refractivity contribution in [1.82, 2.24) is 4.98 Å². The van der Waals surface area contributed by atoms with Crippen LogP contribution in [0.3, 0.4) is 0 Å². The lowest BCUT2D eigenvalue weighted by molar-refractivity contribution is -0.384. The van der Waals surface area contributed by atoms with E-state index in [0.29, 0.717) is 16.0 Å². The number of halogens is 2. The van der Waals surface area contributed by atoms with Crippen LogP contribution in [0.2, 0.25) is 5.15 Å². The number of nitro groups is 1. The normalized spacial score (nSPS) is 10.1. The van der Waals surface area contributed by atoms with Gasteiger partial charge in [0.25, 0.3) is 5.69 Å². The van der Waals surface area contributed by atoms with E-state index in [9.17, 15) is 10.1 Å². The zero-order valence-corrected chi connectivity index (χ0v) is 11.2. The largest absolute Gasteiger partial charge is 0.456 e. The number of non-ortho nitro benzene ring substituents is 1. The minimum atomic E-state index is -0.487. The fraction of sp³-hybridized carbons (Fsp3) is 0.